The molecule has 0 atom stereocenters. The van der Waals surface area contributed by atoms with Gasteiger partial charge in [0.2, 0.25) is 0 Å². The topological polar surface area (TPSA) is 26.0 Å². The van der Waals surface area contributed by atoms with Crippen LogP contribution in [0.2, 0.25) is 0 Å². The number of hydrogen-bond acceptors (Lipinski definition) is 2. The van der Waals surface area contributed by atoms with Crippen LogP contribution in [-0.2, 0) is 0 Å². The Kier molecular flexibility index (Phi) is 1.83. The van der Waals surface area contributed by atoms with E-state index in [-0.39, 0.29) is 0 Å². The number of fused-ring (bicyclic) bond motifs is 3. The Balaban J connectivity index is 2.53. The van der Waals surface area contributed by atoms with Crippen molar-refractivity contribution in [2.45, 2.75) is 6.92 Å². The fraction of sp³-hybridized carbons (Fsp3) is 0.0833. The van der Waals surface area contributed by atoms with Gasteiger partial charge in [-0.2, -0.15) is 0 Å². The third kappa shape index (κ3) is 1.35. The van der Waals surface area contributed by atoms with Crippen LogP contribution in [0.1, 0.15) is 5.89 Å². The molecular weight excluding hydrogens is 254 g/mol. The van der Waals surface area contributed by atoms with Crippen LogP contribution in [-0.4, -0.2) is 4.98 Å². The lowest BCUT2D eigenvalue weighted by Crippen LogP contribution is -1.76. The van der Waals surface area contributed by atoms with Gasteiger partial charge in [-0.25, -0.2) is 4.98 Å². The molecule has 2 aromatic carbocycles. The van der Waals surface area contributed by atoms with Gasteiger partial charge >= 0.3 is 0 Å². The van der Waals surface area contributed by atoms with Crippen molar-refractivity contribution in [1.82, 2.24) is 4.98 Å². The van der Waals surface area contributed by atoms with Crippen molar-refractivity contribution >= 4 is 37.8 Å². The molecule has 0 aliphatic carbocycles. The third-order valence-corrected chi connectivity index (χ3v) is 2.94. The van der Waals surface area contributed by atoms with Gasteiger partial charge in [0.05, 0.1) is 0 Å². The quantitative estimate of drug-likeness (QED) is 0.610. The molecule has 0 N–H and O–H groups in total. The zero-order chi connectivity index (χ0) is 10.4. The van der Waals surface area contributed by atoms with E-state index in [2.05, 4.69) is 33.0 Å². The second-order valence-corrected chi connectivity index (χ2v) is 4.43. The molecule has 3 aromatic rings. The highest BCUT2D eigenvalue weighted by Crippen LogP contribution is 2.27. The number of oxazole rings is 1. The minimum absolute atomic E-state index is 0.709. The van der Waals surface area contributed by atoms with Crippen molar-refractivity contribution in [3.63, 3.8) is 0 Å². The van der Waals surface area contributed by atoms with E-state index in [1.807, 2.05) is 25.1 Å². The zero-order valence-electron chi connectivity index (χ0n) is 8.12. The summed E-state index contributed by atoms with van der Waals surface area (Å²) in [6.45, 7) is 1.87. The first-order valence-electron chi connectivity index (χ1n) is 4.69. The van der Waals surface area contributed by atoms with Gasteiger partial charge in [-0.15, -0.1) is 0 Å². The van der Waals surface area contributed by atoms with E-state index in [1.165, 1.54) is 5.39 Å². The van der Waals surface area contributed by atoms with E-state index in [0.29, 0.717) is 5.89 Å². The van der Waals surface area contributed by atoms with E-state index in [4.69, 9.17) is 4.42 Å². The Labute approximate surface area is 95.0 Å². The summed E-state index contributed by atoms with van der Waals surface area (Å²) in [5.74, 6) is 0.709. The molecule has 1 heterocycles. The molecule has 0 spiro atoms. The van der Waals surface area contributed by atoms with Crippen molar-refractivity contribution in [1.29, 1.82) is 0 Å². The first-order valence-corrected chi connectivity index (χ1v) is 5.49. The Morgan fingerprint density at radius 3 is 2.93 bits per heavy atom. The summed E-state index contributed by atoms with van der Waals surface area (Å²) in [5, 5.41) is 2.30. The molecule has 1 aromatic heterocycles. The summed E-state index contributed by atoms with van der Waals surface area (Å²) in [6.07, 6.45) is 0. The SMILES string of the molecule is Cc1nc2c(ccc3cc(Br)ccc32)o1. The molecule has 0 aliphatic heterocycles. The molecule has 15 heavy (non-hydrogen) atoms. The van der Waals surface area contributed by atoms with E-state index in [1.54, 1.807) is 0 Å². The smallest absolute Gasteiger partial charge is 0.192 e. The Bertz CT molecular complexity index is 657. The molecule has 0 aliphatic rings. The van der Waals surface area contributed by atoms with Crippen LogP contribution in [0.3, 0.4) is 0 Å². The van der Waals surface area contributed by atoms with Crippen LogP contribution in [0.4, 0.5) is 0 Å². The van der Waals surface area contributed by atoms with Crippen LogP contribution in [0, 0.1) is 6.92 Å². The van der Waals surface area contributed by atoms with Gasteiger partial charge in [0.25, 0.3) is 0 Å². The molecule has 0 amide bonds. The summed E-state index contributed by atoms with van der Waals surface area (Å²) in [4.78, 5) is 4.39. The molecule has 2 nitrogen and oxygen atoms in total. The lowest BCUT2D eigenvalue weighted by molar-refractivity contribution is 0.561. The predicted octanol–water partition coefficient (Wildman–Crippen LogP) is 4.05. The average Bonchev–Trinajstić information content (AvgIpc) is 2.58. The molecule has 0 saturated carbocycles. The fourth-order valence-corrected chi connectivity index (χ4v) is 2.18. The number of benzene rings is 2. The van der Waals surface area contributed by atoms with Gasteiger partial charge in [-0.3, -0.25) is 0 Å². The number of halogens is 1. The second kappa shape index (κ2) is 3.07. The zero-order valence-corrected chi connectivity index (χ0v) is 9.71. The molecule has 0 fully saturated rings. The second-order valence-electron chi connectivity index (χ2n) is 3.51. The van der Waals surface area contributed by atoms with Crippen molar-refractivity contribution in [2.24, 2.45) is 0 Å². The highest BCUT2D eigenvalue weighted by atomic mass is 79.9. The highest BCUT2D eigenvalue weighted by Gasteiger charge is 2.06. The standard InChI is InChI=1S/C12H8BrNO/c1-7-14-12-10-4-3-9(13)6-8(10)2-5-11(12)15-7/h2-6H,1H3. The number of rotatable bonds is 0. The van der Waals surface area contributed by atoms with E-state index in [0.717, 1.165) is 21.0 Å². The summed E-state index contributed by atoms with van der Waals surface area (Å²) in [7, 11) is 0. The molecule has 0 bridgehead atoms. The van der Waals surface area contributed by atoms with E-state index >= 15 is 0 Å². The monoisotopic (exact) mass is 261 g/mol. The Hall–Kier alpha value is -1.35. The van der Waals surface area contributed by atoms with Gasteiger partial charge in [-0.1, -0.05) is 28.1 Å². The molecule has 3 rings (SSSR count). The van der Waals surface area contributed by atoms with Gasteiger partial charge < -0.3 is 4.42 Å². The Morgan fingerprint density at radius 1 is 1.20 bits per heavy atom. The van der Waals surface area contributed by atoms with Crippen molar-refractivity contribution in [3.05, 3.63) is 40.7 Å². The van der Waals surface area contributed by atoms with Crippen LogP contribution in [0.5, 0.6) is 0 Å². The highest BCUT2D eigenvalue weighted by molar-refractivity contribution is 9.10. The van der Waals surface area contributed by atoms with Crippen LogP contribution in [0.25, 0.3) is 21.9 Å². The van der Waals surface area contributed by atoms with Crippen molar-refractivity contribution in [2.75, 3.05) is 0 Å². The molecule has 0 radical (unpaired) electrons. The average molecular weight is 262 g/mol. The van der Waals surface area contributed by atoms with E-state index < -0.39 is 0 Å². The number of aryl methyl sites for hydroxylation is 1. The van der Waals surface area contributed by atoms with Gasteiger partial charge in [0.1, 0.15) is 5.52 Å². The molecular formula is C12H8BrNO. The summed E-state index contributed by atoms with van der Waals surface area (Å²) >= 11 is 3.46. The normalized spacial score (nSPS) is 11.3. The van der Waals surface area contributed by atoms with Crippen LogP contribution in [0.15, 0.2) is 39.2 Å². The van der Waals surface area contributed by atoms with Gasteiger partial charge in [-0.05, 0) is 23.6 Å². The first-order chi connectivity index (χ1) is 7.24. The van der Waals surface area contributed by atoms with Crippen LogP contribution < -0.4 is 0 Å². The molecule has 0 saturated heterocycles. The maximum Gasteiger partial charge on any atom is 0.192 e. The number of nitrogens with zero attached hydrogens (tertiary/aromatic N) is 1. The number of aromatic nitrogens is 1. The van der Waals surface area contributed by atoms with E-state index in [9.17, 15) is 0 Å². The maximum atomic E-state index is 5.48. The minimum Gasteiger partial charge on any atom is -0.441 e. The predicted molar refractivity (Wildman–Crippen MR) is 64.0 cm³/mol. The van der Waals surface area contributed by atoms with Crippen molar-refractivity contribution in [3.8, 4) is 0 Å². The maximum absolute atomic E-state index is 5.48. The summed E-state index contributed by atoms with van der Waals surface area (Å²) in [6, 6.07) is 10.2. The van der Waals surface area contributed by atoms with Crippen molar-refractivity contribution < 1.29 is 4.42 Å². The van der Waals surface area contributed by atoms with Crippen LogP contribution >= 0.6 is 15.9 Å². The van der Waals surface area contributed by atoms with Gasteiger partial charge in [0.15, 0.2) is 11.5 Å². The third-order valence-electron chi connectivity index (χ3n) is 2.44. The largest absolute Gasteiger partial charge is 0.441 e. The van der Waals surface area contributed by atoms with Gasteiger partial charge in [0, 0.05) is 16.8 Å². The summed E-state index contributed by atoms with van der Waals surface area (Å²) in [5.41, 5.74) is 1.79. The molecule has 0 unspecified atom stereocenters. The lowest BCUT2D eigenvalue weighted by Gasteiger charge is -1.97. The minimum atomic E-state index is 0.709. The Morgan fingerprint density at radius 2 is 2.07 bits per heavy atom. The molecule has 74 valence electrons. The molecule has 3 heteroatoms. The number of hydrogen-bond donors (Lipinski definition) is 0. The first kappa shape index (κ1) is 8.92. The lowest BCUT2D eigenvalue weighted by atomic mass is 10.1. The fourth-order valence-electron chi connectivity index (χ4n) is 1.80. The summed E-state index contributed by atoms with van der Waals surface area (Å²) < 4.78 is 6.56.